The average molecular weight is 308 g/mol. The zero-order valence-corrected chi connectivity index (χ0v) is 11.8. The lowest BCUT2D eigenvalue weighted by Crippen LogP contribution is -2.19. The van der Waals surface area contributed by atoms with Gasteiger partial charge < -0.3 is 5.32 Å². The molecule has 2 nitrogen and oxygen atoms in total. The number of alkyl halides is 1. The van der Waals surface area contributed by atoms with Crippen molar-refractivity contribution in [2.24, 2.45) is 0 Å². The van der Waals surface area contributed by atoms with E-state index in [2.05, 4.69) is 5.32 Å². The van der Waals surface area contributed by atoms with Crippen molar-refractivity contribution < 1.29 is 13.6 Å². The zero-order chi connectivity index (χ0) is 15.0. The molecule has 0 radical (unpaired) electrons. The maximum atomic E-state index is 13.8. The molecular formula is C16H12ClF2NO. The largest absolute Gasteiger partial charge is 0.326 e. The van der Waals surface area contributed by atoms with E-state index in [4.69, 9.17) is 11.6 Å². The Morgan fingerprint density at radius 2 is 1.90 bits per heavy atom. The van der Waals surface area contributed by atoms with Gasteiger partial charge in [-0.15, -0.1) is 11.6 Å². The Morgan fingerprint density at radius 1 is 1.10 bits per heavy atom. The van der Waals surface area contributed by atoms with Crippen molar-refractivity contribution in [2.45, 2.75) is 18.2 Å². The Morgan fingerprint density at radius 3 is 2.67 bits per heavy atom. The normalized spacial score (nSPS) is 15.3. The maximum absolute atomic E-state index is 13.8. The van der Waals surface area contributed by atoms with Gasteiger partial charge in [-0.2, -0.15) is 0 Å². The molecule has 2 aromatic carbocycles. The highest BCUT2D eigenvalue weighted by Crippen LogP contribution is 2.34. The number of fused-ring (bicyclic) bond motifs is 1. The van der Waals surface area contributed by atoms with Crippen LogP contribution in [0.3, 0.4) is 0 Å². The van der Waals surface area contributed by atoms with Crippen LogP contribution in [0, 0.1) is 11.6 Å². The van der Waals surface area contributed by atoms with Crippen molar-refractivity contribution in [1.29, 1.82) is 0 Å². The molecule has 2 aromatic rings. The van der Waals surface area contributed by atoms with Gasteiger partial charge in [0, 0.05) is 23.7 Å². The fraction of sp³-hybridized carbons (Fsp3) is 0.188. The molecule has 0 bridgehead atoms. The van der Waals surface area contributed by atoms with Crippen LogP contribution in [0.15, 0.2) is 36.4 Å². The molecule has 3 rings (SSSR count). The van der Waals surface area contributed by atoms with Crippen LogP contribution in [0.4, 0.5) is 14.5 Å². The van der Waals surface area contributed by atoms with Crippen LogP contribution in [0.1, 0.15) is 28.5 Å². The second-order valence-corrected chi connectivity index (χ2v) is 5.43. The molecule has 0 aromatic heterocycles. The molecule has 1 heterocycles. The van der Waals surface area contributed by atoms with Gasteiger partial charge in [0.15, 0.2) is 0 Å². The Balaban J connectivity index is 1.95. The third kappa shape index (κ3) is 2.76. The number of halogens is 3. The molecule has 108 valence electrons. The van der Waals surface area contributed by atoms with Crippen molar-refractivity contribution in [2.75, 3.05) is 5.32 Å². The van der Waals surface area contributed by atoms with E-state index in [1.165, 1.54) is 12.1 Å². The number of hydrogen-bond donors (Lipinski definition) is 1. The zero-order valence-electron chi connectivity index (χ0n) is 11.0. The first-order valence-corrected chi connectivity index (χ1v) is 7.00. The first-order valence-electron chi connectivity index (χ1n) is 6.56. The van der Waals surface area contributed by atoms with Crippen molar-refractivity contribution in [3.8, 4) is 0 Å². The predicted molar refractivity (Wildman–Crippen MR) is 77.4 cm³/mol. The third-order valence-corrected chi connectivity index (χ3v) is 4.04. The fourth-order valence-corrected chi connectivity index (χ4v) is 2.76. The van der Waals surface area contributed by atoms with Crippen molar-refractivity contribution >= 4 is 23.2 Å². The van der Waals surface area contributed by atoms with E-state index in [1.54, 1.807) is 12.1 Å². The highest BCUT2D eigenvalue weighted by molar-refractivity contribution is 6.22. The molecule has 1 unspecified atom stereocenters. The quantitative estimate of drug-likeness (QED) is 0.829. The molecular weight excluding hydrogens is 296 g/mol. The molecule has 0 saturated carbocycles. The molecule has 0 fully saturated rings. The Labute approximate surface area is 125 Å². The lowest BCUT2D eigenvalue weighted by Gasteiger charge is -2.19. The Hall–Kier alpha value is -1.94. The minimum absolute atomic E-state index is 0.0118. The first kappa shape index (κ1) is 14.0. The monoisotopic (exact) mass is 307 g/mol. The number of nitrogens with one attached hydrogen (secondary N) is 1. The summed E-state index contributed by atoms with van der Waals surface area (Å²) in [6.07, 6.45) is 1.05. The number of carbonyl (C=O) groups excluding carboxylic acids is 1. The minimum Gasteiger partial charge on any atom is -0.326 e. The number of carbonyl (C=O) groups is 1. The molecule has 1 atom stereocenters. The predicted octanol–water partition coefficient (Wildman–Crippen LogP) is 4.18. The summed E-state index contributed by atoms with van der Waals surface area (Å²) in [6.45, 7) is 0. The van der Waals surface area contributed by atoms with E-state index in [-0.39, 0.29) is 11.5 Å². The fourth-order valence-electron chi connectivity index (χ4n) is 2.45. The van der Waals surface area contributed by atoms with Gasteiger partial charge in [0.2, 0.25) is 5.91 Å². The minimum atomic E-state index is -0.700. The lowest BCUT2D eigenvalue weighted by molar-refractivity contribution is -0.116. The van der Waals surface area contributed by atoms with E-state index >= 15 is 0 Å². The summed E-state index contributed by atoms with van der Waals surface area (Å²) in [4.78, 5) is 11.3. The SMILES string of the molecule is O=C1CCc2cc(C(Cl)c3ccc(F)cc3F)ccc2N1. The van der Waals surface area contributed by atoms with Gasteiger partial charge in [0.05, 0.1) is 5.38 Å². The molecule has 1 aliphatic heterocycles. The van der Waals surface area contributed by atoms with Gasteiger partial charge in [-0.05, 0) is 29.7 Å². The number of anilines is 1. The summed E-state index contributed by atoms with van der Waals surface area (Å²) >= 11 is 6.31. The molecule has 0 spiro atoms. The topological polar surface area (TPSA) is 29.1 Å². The van der Waals surface area contributed by atoms with E-state index in [1.807, 2.05) is 6.07 Å². The number of hydrogen-bond acceptors (Lipinski definition) is 1. The number of aryl methyl sites for hydroxylation is 1. The van der Waals surface area contributed by atoms with E-state index in [0.717, 1.165) is 22.9 Å². The van der Waals surface area contributed by atoms with Crippen molar-refractivity contribution in [3.63, 3.8) is 0 Å². The van der Waals surface area contributed by atoms with Crippen LogP contribution < -0.4 is 5.32 Å². The van der Waals surface area contributed by atoms with Crippen LogP contribution in [0.2, 0.25) is 0 Å². The highest BCUT2D eigenvalue weighted by Gasteiger charge is 2.20. The summed E-state index contributed by atoms with van der Waals surface area (Å²) in [5, 5.41) is 2.08. The summed E-state index contributed by atoms with van der Waals surface area (Å²) in [7, 11) is 0. The Bertz CT molecular complexity index is 717. The summed E-state index contributed by atoms with van der Waals surface area (Å²) < 4.78 is 26.7. The summed E-state index contributed by atoms with van der Waals surface area (Å²) in [5.41, 5.74) is 2.69. The molecule has 0 saturated heterocycles. The van der Waals surface area contributed by atoms with Crippen LogP contribution in [-0.2, 0) is 11.2 Å². The second-order valence-electron chi connectivity index (χ2n) is 4.99. The van der Waals surface area contributed by atoms with Gasteiger partial charge in [0.25, 0.3) is 0 Å². The Kier molecular flexibility index (Phi) is 3.64. The van der Waals surface area contributed by atoms with Crippen molar-refractivity contribution in [3.05, 3.63) is 64.7 Å². The van der Waals surface area contributed by atoms with Gasteiger partial charge in [-0.1, -0.05) is 18.2 Å². The van der Waals surface area contributed by atoms with Crippen LogP contribution in [0.25, 0.3) is 0 Å². The summed E-state index contributed by atoms with van der Waals surface area (Å²) in [6, 6.07) is 8.72. The van der Waals surface area contributed by atoms with Gasteiger partial charge in [0.1, 0.15) is 11.6 Å². The average Bonchev–Trinajstić information content (AvgIpc) is 2.46. The van der Waals surface area contributed by atoms with E-state index in [0.29, 0.717) is 12.8 Å². The second kappa shape index (κ2) is 5.45. The first-order chi connectivity index (χ1) is 10.0. The maximum Gasteiger partial charge on any atom is 0.224 e. The number of amides is 1. The standard InChI is InChI=1S/C16H12ClF2NO/c17-16(12-4-3-11(18)8-13(12)19)10-1-5-14-9(7-10)2-6-15(21)20-14/h1,3-5,7-8,16H,2,6H2,(H,20,21). The molecule has 0 aliphatic carbocycles. The number of rotatable bonds is 2. The highest BCUT2D eigenvalue weighted by atomic mass is 35.5. The third-order valence-electron chi connectivity index (χ3n) is 3.55. The van der Waals surface area contributed by atoms with Crippen LogP contribution in [-0.4, -0.2) is 5.91 Å². The van der Waals surface area contributed by atoms with E-state index in [9.17, 15) is 13.6 Å². The van der Waals surface area contributed by atoms with Crippen LogP contribution >= 0.6 is 11.6 Å². The van der Waals surface area contributed by atoms with Crippen LogP contribution in [0.5, 0.6) is 0 Å². The molecule has 1 N–H and O–H groups in total. The van der Waals surface area contributed by atoms with E-state index < -0.39 is 17.0 Å². The summed E-state index contributed by atoms with van der Waals surface area (Å²) in [5.74, 6) is -1.31. The van der Waals surface area contributed by atoms with Gasteiger partial charge in [-0.3, -0.25) is 4.79 Å². The molecule has 1 amide bonds. The molecule has 5 heteroatoms. The molecule has 21 heavy (non-hydrogen) atoms. The smallest absolute Gasteiger partial charge is 0.224 e. The van der Waals surface area contributed by atoms with Gasteiger partial charge >= 0.3 is 0 Å². The van der Waals surface area contributed by atoms with Crippen molar-refractivity contribution in [1.82, 2.24) is 0 Å². The molecule has 1 aliphatic rings. The lowest BCUT2D eigenvalue weighted by atomic mass is 9.96. The van der Waals surface area contributed by atoms with Gasteiger partial charge in [-0.25, -0.2) is 8.78 Å². The number of benzene rings is 2.